The molecule has 6 aliphatic rings. The highest BCUT2D eigenvalue weighted by Gasteiger charge is 2.45. The van der Waals surface area contributed by atoms with Crippen LogP contribution in [0.25, 0.3) is 65.2 Å². The molecule has 4 fully saturated rings. The summed E-state index contributed by atoms with van der Waals surface area (Å²) in [5, 5.41) is 11.0. The second-order valence-electron chi connectivity index (χ2n) is 32.2. The monoisotopic (exact) mass is 1620 g/mol. The van der Waals surface area contributed by atoms with Crippen molar-refractivity contribution in [1.29, 1.82) is 0 Å². The van der Waals surface area contributed by atoms with E-state index in [1.54, 1.807) is 72.8 Å². The third kappa shape index (κ3) is 16.9. The maximum absolute atomic E-state index is 15.4. The fourth-order valence-corrected chi connectivity index (χ4v) is 20.6. The van der Waals surface area contributed by atoms with Crippen LogP contribution in [0.1, 0.15) is 154 Å². The number of nitrogens with one attached hydrogen (secondary N) is 3. The Balaban J connectivity index is 0.508. The molecule has 4 saturated heterocycles. The molecule has 610 valence electrons. The van der Waals surface area contributed by atoms with Crippen LogP contribution in [-0.2, 0) is 28.7 Å². The van der Waals surface area contributed by atoms with Crippen molar-refractivity contribution in [3.05, 3.63) is 215 Å². The van der Waals surface area contributed by atoms with Crippen LogP contribution in [-0.4, -0.2) is 195 Å². The summed E-state index contributed by atoms with van der Waals surface area (Å²) in [5.74, 6) is -2.67. The van der Waals surface area contributed by atoms with Crippen molar-refractivity contribution >= 4 is 90.9 Å². The Morgan fingerprint density at radius 1 is 0.466 bits per heavy atom. The van der Waals surface area contributed by atoms with Crippen LogP contribution < -0.4 is 16.0 Å². The number of aromatic nitrogens is 4. The van der Waals surface area contributed by atoms with Crippen molar-refractivity contribution in [3.63, 3.8) is 0 Å². The number of piperidine rings is 2. The molecule has 118 heavy (non-hydrogen) atoms. The number of carbonyl (C=O) groups excluding carboxylic acids is 8. The van der Waals surface area contributed by atoms with Crippen molar-refractivity contribution < 1.29 is 47.8 Å². The van der Waals surface area contributed by atoms with E-state index in [1.807, 2.05) is 131 Å². The van der Waals surface area contributed by atoms with Gasteiger partial charge in [-0.15, -0.1) is 22.7 Å². The molecule has 0 unspecified atom stereocenters. The minimum Gasteiger partial charge on any atom is -0.448 e. The molecule has 23 nitrogen and oxygen atoms in total. The van der Waals surface area contributed by atoms with Crippen LogP contribution in [0.4, 0.5) is 19.2 Å². The fraction of sp³-hybridized carbons (Fsp3) is 0.398. The summed E-state index contributed by atoms with van der Waals surface area (Å²) >= 11 is 3.12. The van der Waals surface area contributed by atoms with Crippen LogP contribution in [0.3, 0.4) is 0 Å². The molecular weight excluding hydrogens is 1520 g/mol. The highest BCUT2D eigenvalue weighted by Crippen LogP contribution is 2.48. The van der Waals surface area contributed by atoms with Crippen LogP contribution in [0.2, 0.25) is 0 Å². The second kappa shape index (κ2) is 36.2. The van der Waals surface area contributed by atoms with Crippen LogP contribution in [0.5, 0.6) is 0 Å². The number of hydrogen-bond acceptors (Lipinski definition) is 16. The SMILES string of the molecule is C[C@@H](C(=O)C[C@H](C(=O)N1CCC[C@H]1c1nc2c(-c3ccccc3)nccc2s1)C1CCN(C(=O)NCCCCCCNC(=O)N2CCC([C@H](NC(=O)[C@H](C)N(C)C(=O)OCC3c4ccccc4-c4ccccc43)C(=O)N3CCC[C@H]3c3nc4c(-c5ccccc5)nccc4s3)CC2)CC1)N(C)C(=O)OCC1c2ccccc2-c2ccccc21. The van der Waals surface area contributed by atoms with Gasteiger partial charge in [-0.25, -0.2) is 29.1 Å². The van der Waals surface area contributed by atoms with Crippen LogP contribution in [0.15, 0.2) is 182 Å². The lowest BCUT2D eigenvalue weighted by molar-refractivity contribution is -0.142. The maximum atomic E-state index is 15.4. The molecule has 16 rings (SSSR count). The maximum Gasteiger partial charge on any atom is 0.410 e. The number of likely N-dealkylation sites (N-methyl/N-ethyl adjacent to an activating group) is 2. The Bertz CT molecular complexity index is 4920. The Labute approximate surface area is 695 Å². The summed E-state index contributed by atoms with van der Waals surface area (Å²) in [7, 11) is 3.12. The van der Waals surface area contributed by atoms with Gasteiger partial charge in [0, 0.05) is 114 Å². The number of ether oxygens (including phenoxy) is 2. The molecule has 25 heteroatoms. The first-order valence-corrected chi connectivity index (χ1v) is 43.4. The summed E-state index contributed by atoms with van der Waals surface area (Å²) in [6.45, 7) is 6.95. The molecule has 0 radical (unpaired) electrons. The van der Waals surface area contributed by atoms with Gasteiger partial charge in [0.25, 0.3) is 0 Å². The largest absolute Gasteiger partial charge is 0.448 e. The standard InChI is InChI=1S/C93H101N13O10S2/c1-58(101(3)92(113)115-56-73-68-33-17-13-29-64(68)65-30-14-18-34-69(65)73)77(107)55-72(88(109)105-49-23-37-75(105)86-99-83-78(117-86)39-47-94-80(83)61-25-9-7-10-26-61)60-41-51-103(52-42-60)90(111)96-45-21-5-6-22-46-97-91(112)104-53-43-63(44-54-104)82(89(110)106-50-24-38-76(106)87-100-84-79(118-87)40-48-95-81(84)62-27-11-8-12-28-62)98-85(108)59(2)102(4)93(114)116-57-74-70-35-19-15-31-66(70)67-32-16-20-36-71(67)74/h7-20,25-36,39-40,47-48,58-60,63,72-76,82H,5-6,21-24,37-38,41-46,49-57H2,1-4H3,(H,96,111)(H,97,112)(H,98,108)/t58-,59-,72-,75-,76-,82-/m0/s1. The molecule has 4 aliphatic heterocycles. The number of fused-ring (bicyclic) bond motifs is 8. The minimum atomic E-state index is -1.00. The Kier molecular flexibility index (Phi) is 24.6. The Morgan fingerprint density at radius 3 is 1.31 bits per heavy atom. The molecule has 6 atom stereocenters. The van der Waals surface area contributed by atoms with Gasteiger partial charge in [0.1, 0.15) is 46.3 Å². The van der Waals surface area contributed by atoms with Gasteiger partial charge in [-0.2, -0.15) is 0 Å². The zero-order chi connectivity index (χ0) is 81.5. The van der Waals surface area contributed by atoms with E-state index < -0.39 is 42.1 Å². The van der Waals surface area contributed by atoms with Gasteiger partial charge >= 0.3 is 24.2 Å². The Hall–Kier alpha value is -11.4. The van der Waals surface area contributed by atoms with E-state index in [-0.39, 0.29) is 85.0 Å². The van der Waals surface area contributed by atoms with E-state index >= 15 is 9.59 Å². The first kappa shape index (κ1) is 80.4. The first-order chi connectivity index (χ1) is 57.5. The number of urea groups is 2. The Morgan fingerprint density at radius 2 is 0.864 bits per heavy atom. The fourth-order valence-electron chi connectivity index (χ4n) is 18.4. The number of unbranched alkanes of at least 4 members (excludes halogenated alkanes) is 3. The van der Waals surface area contributed by atoms with E-state index in [0.29, 0.717) is 84.5 Å². The highest BCUT2D eigenvalue weighted by molar-refractivity contribution is 7.19. The highest BCUT2D eigenvalue weighted by atomic mass is 32.1. The molecule has 0 spiro atoms. The van der Waals surface area contributed by atoms with E-state index in [2.05, 4.69) is 64.5 Å². The van der Waals surface area contributed by atoms with E-state index in [4.69, 9.17) is 29.4 Å². The van der Waals surface area contributed by atoms with Gasteiger partial charge < -0.3 is 49.9 Å². The zero-order valence-corrected chi connectivity index (χ0v) is 68.9. The number of pyridine rings is 2. The molecule has 0 bridgehead atoms. The number of benzene rings is 6. The zero-order valence-electron chi connectivity index (χ0n) is 67.2. The quantitative estimate of drug-likeness (QED) is 0.0426. The molecule has 8 heterocycles. The normalized spacial score (nSPS) is 17.8. The third-order valence-electron chi connectivity index (χ3n) is 25.3. The molecule has 4 aromatic heterocycles. The topological polar surface area (TPSA) is 262 Å². The van der Waals surface area contributed by atoms with Crippen LogP contribution >= 0.6 is 22.7 Å². The lowest BCUT2D eigenvalue weighted by Crippen LogP contribution is -2.58. The van der Waals surface area contributed by atoms with E-state index in [1.165, 1.54) is 9.80 Å². The minimum absolute atomic E-state index is 0.0838. The molecule has 2 aliphatic carbocycles. The first-order valence-electron chi connectivity index (χ1n) is 41.8. The van der Waals surface area contributed by atoms with E-state index in [0.717, 1.165) is 142 Å². The number of ketones is 1. The smallest absolute Gasteiger partial charge is 0.410 e. The van der Waals surface area contributed by atoms with Gasteiger partial charge in [-0.3, -0.25) is 34.0 Å². The third-order valence-corrected chi connectivity index (χ3v) is 27.5. The number of hydrogen-bond donors (Lipinski definition) is 3. The number of amides is 9. The summed E-state index contributed by atoms with van der Waals surface area (Å²) in [6, 6.07) is 52.5. The summed E-state index contributed by atoms with van der Waals surface area (Å²) in [6.07, 6.45) is 10.2. The predicted octanol–water partition coefficient (Wildman–Crippen LogP) is 16.1. The van der Waals surface area contributed by atoms with Gasteiger partial charge in [0.2, 0.25) is 17.7 Å². The summed E-state index contributed by atoms with van der Waals surface area (Å²) in [4.78, 5) is 145. The molecule has 9 amide bonds. The number of nitrogens with zero attached hydrogens (tertiary/aromatic N) is 10. The average molecular weight is 1630 g/mol. The lowest BCUT2D eigenvalue weighted by atomic mass is 9.79. The number of likely N-dealkylation sites (tertiary alicyclic amines) is 4. The summed E-state index contributed by atoms with van der Waals surface area (Å²) in [5.41, 5.74) is 13.8. The van der Waals surface area contributed by atoms with Crippen molar-refractivity contribution in [2.45, 2.75) is 139 Å². The van der Waals surface area contributed by atoms with Crippen molar-refractivity contribution in [3.8, 4) is 44.8 Å². The number of carbonyl (C=O) groups is 8. The van der Waals surface area contributed by atoms with Crippen molar-refractivity contribution in [2.75, 3.05) is 79.7 Å². The second-order valence-corrected chi connectivity index (χ2v) is 34.3. The van der Waals surface area contributed by atoms with Gasteiger partial charge in [-0.1, -0.05) is 171 Å². The summed E-state index contributed by atoms with van der Waals surface area (Å²) < 4.78 is 13.9. The van der Waals surface area contributed by atoms with Gasteiger partial charge in [0.05, 0.1) is 38.9 Å². The van der Waals surface area contributed by atoms with Crippen molar-refractivity contribution in [1.82, 2.24) is 65.3 Å². The molecule has 6 aromatic carbocycles. The average Bonchev–Trinajstić information content (AvgIpc) is 1.63. The van der Waals surface area contributed by atoms with Crippen LogP contribution in [0, 0.1) is 17.8 Å². The predicted molar refractivity (Wildman–Crippen MR) is 457 cm³/mol. The van der Waals surface area contributed by atoms with Crippen molar-refractivity contribution in [2.24, 2.45) is 17.8 Å². The molecular formula is C93H101N13O10S2. The molecule has 3 N–H and O–H groups in total. The lowest BCUT2D eigenvalue weighted by Gasteiger charge is -2.38. The molecule has 0 saturated carbocycles. The number of Topliss-reactive ketones (excluding diaryl/α,β-unsaturated/α-hetero) is 1. The van der Waals surface area contributed by atoms with E-state index in [9.17, 15) is 28.8 Å². The van der Waals surface area contributed by atoms with Gasteiger partial charge in [-0.05, 0) is 147 Å². The number of thiazole rings is 2. The number of rotatable bonds is 26. The van der Waals surface area contributed by atoms with Gasteiger partial charge in [0.15, 0.2) is 5.78 Å². The molecule has 10 aromatic rings.